The molecule has 1 amide bonds. The molecule has 0 bridgehead atoms. The van der Waals surface area contributed by atoms with Gasteiger partial charge in [-0.3, -0.25) is 9.69 Å². The maximum Gasteiger partial charge on any atom is 0.268 e. The Labute approximate surface area is 221 Å². The lowest BCUT2D eigenvalue weighted by Crippen LogP contribution is -2.43. The van der Waals surface area contributed by atoms with Crippen LogP contribution < -0.4 is 10.1 Å². The first-order valence-corrected chi connectivity index (χ1v) is 14.8. The van der Waals surface area contributed by atoms with E-state index in [0.29, 0.717) is 62.3 Å². The van der Waals surface area contributed by atoms with Crippen LogP contribution in [0.3, 0.4) is 0 Å². The van der Waals surface area contributed by atoms with Gasteiger partial charge in [0.15, 0.2) is 0 Å². The molecule has 0 aliphatic carbocycles. The first-order valence-electron chi connectivity index (χ1n) is 13.4. The summed E-state index contributed by atoms with van der Waals surface area (Å²) in [5.74, 6) is 0.859. The molecule has 3 aliphatic rings. The Balaban J connectivity index is 1.65. The molecule has 3 heterocycles. The lowest BCUT2D eigenvalue weighted by atomic mass is 9.93. The zero-order chi connectivity index (χ0) is 26.6. The third kappa shape index (κ3) is 5.79. The fourth-order valence-corrected chi connectivity index (χ4v) is 7.16. The fraction of sp³-hybridized carbons (Fsp3) is 0.630. The average molecular weight is 530 g/mol. The molecule has 1 aromatic rings. The van der Waals surface area contributed by atoms with Gasteiger partial charge >= 0.3 is 0 Å². The van der Waals surface area contributed by atoms with E-state index in [0.717, 1.165) is 44.2 Å². The normalized spacial score (nSPS) is 21.6. The number of piperidine rings is 1. The average Bonchev–Trinajstić information content (AvgIpc) is 3.22. The van der Waals surface area contributed by atoms with Gasteiger partial charge in [0.2, 0.25) is 10.0 Å². The standard InChI is InChI=1S/C27H39N5O4S/c1-4-13-31-18-23-25(29-27(33)26(23)30(3)19-31)22-17-21(8-9-24(22)36-16-5-2)37(34,35)32-14-10-20(11-15-32)7-6-12-28/h8-9,17,20,25H,4-7,10-11,13-16,18-19H2,1-3H3,(H,29,33). The maximum atomic E-state index is 13.7. The maximum absolute atomic E-state index is 13.7. The molecular weight excluding hydrogens is 490 g/mol. The summed E-state index contributed by atoms with van der Waals surface area (Å²) in [6.07, 6.45) is 4.68. The second-order valence-electron chi connectivity index (χ2n) is 10.3. The number of nitrogens with one attached hydrogen (secondary N) is 1. The number of hydrogen-bond donors (Lipinski definition) is 1. The summed E-state index contributed by atoms with van der Waals surface area (Å²) in [6, 6.07) is 6.80. The van der Waals surface area contributed by atoms with E-state index in [4.69, 9.17) is 10.00 Å². The van der Waals surface area contributed by atoms with Gasteiger partial charge in [-0.2, -0.15) is 9.57 Å². The molecule has 1 saturated heterocycles. The van der Waals surface area contributed by atoms with Crippen molar-refractivity contribution in [2.45, 2.75) is 63.3 Å². The number of benzene rings is 1. The Bertz CT molecular complexity index is 1170. The zero-order valence-electron chi connectivity index (χ0n) is 22.2. The van der Waals surface area contributed by atoms with E-state index in [1.807, 2.05) is 18.9 Å². The number of carbonyl (C=O) groups is 1. The molecule has 4 rings (SSSR count). The summed E-state index contributed by atoms with van der Waals surface area (Å²) in [4.78, 5) is 17.5. The van der Waals surface area contributed by atoms with Gasteiger partial charge in [-0.05, 0) is 68.3 Å². The van der Waals surface area contributed by atoms with Crippen LogP contribution in [0.2, 0.25) is 0 Å². The number of likely N-dealkylation sites (N-methyl/N-ethyl adjacent to an activating group) is 1. The molecule has 37 heavy (non-hydrogen) atoms. The van der Waals surface area contributed by atoms with E-state index < -0.39 is 16.1 Å². The van der Waals surface area contributed by atoms with Crippen molar-refractivity contribution in [3.63, 3.8) is 0 Å². The molecule has 0 saturated carbocycles. The summed E-state index contributed by atoms with van der Waals surface area (Å²) in [5, 5.41) is 12.0. The molecule has 202 valence electrons. The number of hydrogen-bond acceptors (Lipinski definition) is 7. The van der Waals surface area contributed by atoms with Crippen molar-refractivity contribution in [3.8, 4) is 11.8 Å². The van der Waals surface area contributed by atoms with E-state index >= 15 is 0 Å². The Morgan fingerprint density at radius 1 is 1.19 bits per heavy atom. The minimum atomic E-state index is -3.71. The number of nitriles is 1. The molecule has 10 heteroatoms. The highest BCUT2D eigenvalue weighted by Gasteiger charge is 2.40. The minimum Gasteiger partial charge on any atom is -0.493 e. The predicted molar refractivity (Wildman–Crippen MR) is 141 cm³/mol. The summed E-state index contributed by atoms with van der Waals surface area (Å²) in [5.41, 5.74) is 2.32. The highest BCUT2D eigenvalue weighted by Crippen LogP contribution is 2.40. The van der Waals surface area contributed by atoms with Crippen molar-refractivity contribution in [2.75, 3.05) is 46.5 Å². The Morgan fingerprint density at radius 2 is 1.95 bits per heavy atom. The van der Waals surface area contributed by atoms with Crippen molar-refractivity contribution in [2.24, 2.45) is 5.92 Å². The topological polar surface area (TPSA) is 106 Å². The van der Waals surface area contributed by atoms with Gasteiger partial charge in [0.25, 0.3) is 5.91 Å². The van der Waals surface area contributed by atoms with Crippen molar-refractivity contribution in [3.05, 3.63) is 35.0 Å². The summed E-state index contributed by atoms with van der Waals surface area (Å²) in [7, 11) is -1.78. The van der Waals surface area contributed by atoms with Crippen LogP contribution in [0.1, 0.15) is 64.0 Å². The van der Waals surface area contributed by atoms with Crippen LogP contribution in [0, 0.1) is 17.2 Å². The van der Waals surface area contributed by atoms with Crippen LogP contribution in [-0.2, 0) is 14.8 Å². The molecule has 9 nitrogen and oxygen atoms in total. The van der Waals surface area contributed by atoms with E-state index in [1.54, 1.807) is 22.5 Å². The molecule has 1 unspecified atom stereocenters. The summed E-state index contributed by atoms with van der Waals surface area (Å²) < 4.78 is 34.9. The van der Waals surface area contributed by atoms with Gasteiger partial charge in [0, 0.05) is 38.7 Å². The summed E-state index contributed by atoms with van der Waals surface area (Å²) in [6.45, 7) is 7.82. The second-order valence-corrected chi connectivity index (χ2v) is 12.2. The zero-order valence-corrected chi connectivity index (χ0v) is 23.0. The third-order valence-electron chi connectivity index (χ3n) is 7.50. The Kier molecular flexibility index (Phi) is 8.78. The van der Waals surface area contributed by atoms with Crippen LogP contribution in [-0.4, -0.2) is 74.9 Å². The van der Waals surface area contributed by atoms with Crippen LogP contribution in [0.4, 0.5) is 0 Å². The molecule has 1 N–H and O–H groups in total. The van der Waals surface area contributed by atoms with Gasteiger partial charge in [0.05, 0.1) is 30.3 Å². The number of nitrogens with zero attached hydrogens (tertiary/aromatic N) is 4. The van der Waals surface area contributed by atoms with E-state index in [1.165, 1.54) is 0 Å². The highest BCUT2D eigenvalue weighted by molar-refractivity contribution is 7.89. The fourth-order valence-electron chi connectivity index (χ4n) is 5.66. The van der Waals surface area contributed by atoms with Crippen LogP contribution >= 0.6 is 0 Å². The van der Waals surface area contributed by atoms with Crippen LogP contribution in [0.25, 0.3) is 0 Å². The molecule has 3 aliphatic heterocycles. The molecule has 1 atom stereocenters. The largest absolute Gasteiger partial charge is 0.493 e. The predicted octanol–water partition coefficient (Wildman–Crippen LogP) is 3.22. The lowest BCUT2D eigenvalue weighted by molar-refractivity contribution is -0.118. The lowest BCUT2D eigenvalue weighted by Gasteiger charge is -2.35. The van der Waals surface area contributed by atoms with Gasteiger partial charge in [-0.15, -0.1) is 0 Å². The molecule has 0 radical (unpaired) electrons. The first-order chi connectivity index (χ1) is 17.8. The SMILES string of the molecule is CCCOc1ccc(S(=O)(=O)N2CCC(CCC#N)CC2)cc1C1NC(=O)C2=C1CN(CCC)CN2C. The van der Waals surface area contributed by atoms with Crippen molar-refractivity contribution in [1.82, 2.24) is 19.4 Å². The van der Waals surface area contributed by atoms with Gasteiger partial charge in [-0.25, -0.2) is 8.42 Å². The second kappa shape index (κ2) is 11.8. The molecule has 0 aromatic heterocycles. The third-order valence-corrected chi connectivity index (χ3v) is 9.40. The minimum absolute atomic E-state index is 0.132. The number of carbonyl (C=O) groups excluding carboxylic acids is 1. The Hall–Kier alpha value is -2.61. The summed E-state index contributed by atoms with van der Waals surface area (Å²) >= 11 is 0. The number of amides is 1. The molecular formula is C27H39N5O4S. The van der Waals surface area contributed by atoms with Crippen molar-refractivity contribution < 1.29 is 17.9 Å². The monoisotopic (exact) mass is 529 g/mol. The van der Waals surface area contributed by atoms with Gasteiger partial charge < -0.3 is 15.0 Å². The quantitative estimate of drug-likeness (QED) is 0.496. The molecule has 0 spiro atoms. The van der Waals surface area contributed by atoms with E-state index in [9.17, 15) is 13.2 Å². The number of rotatable bonds is 10. The van der Waals surface area contributed by atoms with Gasteiger partial charge in [0.1, 0.15) is 11.4 Å². The van der Waals surface area contributed by atoms with Crippen LogP contribution in [0.15, 0.2) is 34.4 Å². The highest BCUT2D eigenvalue weighted by atomic mass is 32.2. The molecule has 1 fully saturated rings. The molecule has 1 aromatic carbocycles. The first kappa shape index (κ1) is 27.4. The van der Waals surface area contributed by atoms with Crippen molar-refractivity contribution in [1.29, 1.82) is 5.26 Å². The van der Waals surface area contributed by atoms with E-state index in [-0.39, 0.29) is 10.8 Å². The number of sulfonamides is 1. The number of ether oxygens (including phenoxy) is 1. The van der Waals surface area contributed by atoms with Crippen molar-refractivity contribution >= 4 is 15.9 Å². The Morgan fingerprint density at radius 3 is 2.62 bits per heavy atom. The van der Waals surface area contributed by atoms with Gasteiger partial charge in [-0.1, -0.05) is 13.8 Å². The van der Waals surface area contributed by atoms with Crippen LogP contribution in [0.5, 0.6) is 5.75 Å². The smallest absolute Gasteiger partial charge is 0.268 e. The van der Waals surface area contributed by atoms with E-state index in [2.05, 4.69) is 23.2 Å².